The molecule has 25 heavy (non-hydrogen) atoms. The highest BCUT2D eigenvalue weighted by Gasteiger charge is 2.10. The minimum absolute atomic E-state index is 0.0484. The summed E-state index contributed by atoms with van der Waals surface area (Å²) in [5, 5.41) is 3.91. The first-order valence-corrected chi connectivity index (χ1v) is 9.01. The Hall–Kier alpha value is -2.44. The van der Waals surface area contributed by atoms with E-state index in [0.29, 0.717) is 19.7 Å². The average molecular weight is 355 g/mol. The van der Waals surface area contributed by atoms with Crippen molar-refractivity contribution in [2.75, 3.05) is 25.5 Å². The minimum atomic E-state index is -0.0484. The van der Waals surface area contributed by atoms with Gasteiger partial charge in [-0.1, -0.05) is 12.1 Å². The van der Waals surface area contributed by atoms with Crippen LogP contribution in [0.25, 0.3) is 10.2 Å². The fourth-order valence-electron chi connectivity index (χ4n) is 2.52. The van der Waals surface area contributed by atoms with Crippen molar-refractivity contribution in [1.82, 2.24) is 9.88 Å². The molecule has 5 nitrogen and oxygen atoms in total. The van der Waals surface area contributed by atoms with Gasteiger partial charge in [-0.2, -0.15) is 0 Å². The standard InChI is InChI=1S/C19H21N3O2S/c1-3-24-15-10-8-14(9-11-15)20-18(23)12-22(2)13-19-21-16-6-4-5-7-17(16)25-19/h4-11H,3,12-13H2,1-2H3,(H,20,23). The Morgan fingerprint density at radius 1 is 1.20 bits per heavy atom. The summed E-state index contributed by atoms with van der Waals surface area (Å²) in [5.74, 6) is 0.751. The molecule has 1 aromatic heterocycles. The van der Waals surface area contributed by atoms with Crippen LogP contribution < -0.4 is 10.1 Å². The molecule has 0 saturated heterocycles. The second-order valence-electron chi connectivity index (χ2n) is 5.75. The summed E-state index contributed by atoms with van der Waals surface area (Å²) in [6.45, 7) is 3.53. The summed E-state index contributed by atoms with van der Waals surface area (Å²) in [4.78, 5) is 18.8. The fourth-order valence-corrected chi connectivity index (χ4v) is 3.57. The van der Waals surface area contributed by atoms with Gasteiger partial charge in [-0.25, -0.2) is 4.98 Å². The molecule has 1 amide bonds. The van der Waals surface area contributed by atoms with Gasteiger partial charge in [-0.15, -0.1) is 11.3 Å². The molecule has 0 atom stereocenters. The Morgan fingerprint density at radius 2 is 1.96 bits per heavy atom. The van der Waals surface area contributed by atoms with Crippen LogP contribution in [0, 0.1) is 0 Å². The topological polar surface area (TPSA) is 54.5 Å². The number of likely N-dealkylation sites (N-methyl/N-ethyl adjacent to an activating group) is 1. The third-order valence-corrected chi connectivity index (χ3v) is 4.63. The highest BCUT2D eigenvalue weighted by Crippen LogP contribution is 2.22. The zero-order valence-electron chi connectivity index (χ0n) is 14.4. The second-order valence-corrected chi connectivity index (χ2v) is 6.87. The number of nitrogens with one attached hydrogen (secondary N) is 1. The van der Waals surface area contributed by atoms with Gasteiger partial charge in [0.05, 0.1) is 29.9 Å². The molecule has 130 valence electrons. The first kappa shape index (κ1) is 17.4. The number of fused-ring (bicyclic) bond motifs is 1. The molecule has 3 rings (SSSR count). The number of nitrogens with zero attached hydrogens (tertiary/aromatic N) is 2. The lowest BCUT2D eigenvalue weighted by Crippen LogP contribution is -2.29. The highest BCUT2D eigenvalue weighted by molar-refractivity contribution is 7.18. The van der Waals surface area contributed by atoms with E-state index in [-0.39, 0.29) is 5.91 Å². The number of amides is 1. The number of ether oxygens (including phenoxy) is 1. The predicted octanol–water partition coefficient (Wildman–Crippen LogP) is 3.77. The van der Waals surface area contributed by atoms with Crippen LogP contribution in [0.2, 0.25) is 0 Å². The Balaban J connectivity index is 1.53. The van der Waals surface area contributed by atoms with E-state index in [0.717, 1.165) is 22.0 Å². The Bertz CT molecular complexity index is 812. The zero-order valence-corrected chi connectivity index (χ0v) is 15.2. The molecule has 0 aliphatic heterocycles. The number of aromatic nitrogens is 1. The third-order valence-electron chi connectivity index (χ3n) is 3.61. The van der Waals surface area contributed by atoms with Crippen LogP contribution in [0.1, 0.15) is 11.9 Å². The SMILES string of the molecule is CCOc1ccc(NC(=O)CN(C)Cc2nc3ccccc3s2)cc1. The summed E-state index contributed by atoms with van der Waals surface area (Å²) in [7, 11) is 1.92. The smallest absolute Gasteiger partial charge is 0.238 e. The molecule has 0 spiro atoms. The van der Waals surface area contributed by atoms with Crippen LogP contribution in [-0.4, -0.2) is 36.0 Å². The van der Waals surface area contributed by atoms with E-state index in [2.05, 4.69) is 16.4 Å². The zero-order chi connectivity index (χ0) is 17.6. The minimum Gasteiger partial charge on any atom is -0.494 e. The molecular formula is C19H21N3O2S. The molecule has 3 aromatic rings. The van der Waals surface area contributed by atoms with Crippen LogP contribution in [0.15, 0.2) is 48.5 Å². The Morgan fingerprint density at radius 3 is 2.68 bits per heavy atom. The van der Waals surface area contributed by atoms with Crippen molar-refractivity contribution in [2.45, 2.75) is 13.5 Å². The third kappa shape index (κ3) is 4.78. The van der Waals surface area contributed by atoms with E-state index in [1.165, 1.54) is 4.70 Å². The van der Waals surface area contributed by atoms with E-state index in [9.17, 15) is 4.79 Å². The van der Waals surface area contributed by atoms with Crippen LogP contribution in [-0.2, 0) is 11.3 Å². The molecule has 0 aliphatic rings. The van der Waals surface area contributed by atoms with Crippen molar-refractivity contribution in [1.29, 1.82) is 0 Å². The van der Waals surface area contributed by atoms with Gasteiger partial charge >= 0.3 is 0 Å². The average Bonchev–Trinajstić information content (AvgIpc) is 2.98. The number of hydrogen-bond acceptors (Lipinski definition) is 5. The number of thiazole rings is 1. The van der Waals surface area contributed by atoms with Gasteiger partial charge < -0.3 is 10.1 Å². The fraction of sp³-hybridized carbons (Fsp3) is 0.263. The molecule has 6 heteroatoms. The van der Waals surface area contributed by atoms with Crippen molar-refractivity contribution >= 4 is 33.1 Å². The van der Waals surface area contributed by atoms with Crippen molar-refractivity contribution in [3.63, 3.8) is 0 Å². The number of anilines is 1. The molecule has 1 N–H and O–H groups in total. The number of carbonyl (C=O) groups excluding carboxylic acids is 1. The van der Waals surface area contributed by atoms with Crippen LogP contribution >= 0.6 is 11.3 Å². The maximum Gasteiger partial charge on any atom is 0.238 e. The number of benzene rings is 2. The number of hydrogen-bond donors (Lipinski definition) is 1. The summed E-state index contributed by atoms with van der Waals surface area (Å²) in [6.07, 6.45) is 0. The molecular weight excluding hydrogens is 334 g/mol. The van der Waals surface area contributed by atoms with Gasteiger partial charge in [0.15, 0.2) is 0 Å². The Labute approximate surface area is 151 Å². The molecule has 1 heterocycles. The van der Waals surface area contributed by atoms with Crippen molar-refractivity contribution in [3.05, 3.63) is 53.5 Å². The van der Waals surface area contributed by atoms with Crippen molar-refractivity contribution in [3.8, 4) is 5.75 Å². The lowest BCUT2D eigenvalue weighted by molar-refractivity contribution is -0.117. The number of rotatable bonds is 7. The lowest BCUT2D eigenvalue weighted by atomic mass is 10.3. The molecule has 0 aliphatic carbocycles. The van der Waals surface area contributed by atoms with Crippen molar-refractivity contribution < 1.29 is 9.53 Å². The molecule has 2 aromatic carbocycles. The monoisotopic (exact) mass is 355 g/mol. The van der Waals surface area contributed by atoms with E-state index in [1.807, 2.05) is 61.3 Å². The largest absolute Gasteiger partial charge is 0.494 e. The normalized spacial score (nSPS) is 11.0. The van der Waals surface area contributed by atoms with Crippen LogP contribution in [0.5, 0.6) is 5.75 Å². The quantitative estimate of drug-likeness (QED) is 0.701. The van der Waals surface area contributed by atoms with Crippen molar-refractivity contribution in [2.24, 2.45) is 0 Å². The molecule has 0 saturated carbocycles. The number of carbonyl (C=O) groups is 1. The second kappa shape index (κ2) is 8.09. The van der Waals surface area contributed by atoms with E-state index >= 15 is 0 Å². The molecule has 0 radical (unpaired) electrons. The first-order chi connectivity index (χ1) is 12.1. The summed E-state index contributed by atoms with van der Waals surface area (Å²) < 4.78 is 6.57. The van der Waals surface area contributed by atoms with E-state index in [1.54, 1.807) is 11.3 Å². The van der Waals surface area contributed by atoms with E-state index < -0.39 is 0 Å². The van der Waals surface area contributed by atoms with E-state index in [4.69, 9.17) is 4.74 Å². The molecule has 0 unspecified atom stereocenters. The van der Waals surface area contributed by atoms with Crippen LogP contribution in [0.3, 0.4) is 0 Å². The predicted molar refractivity (Wildman–Crippen MR) is 102 cm³/mol. The number of para-hydroxylation sites is 1. The maximum absolute atomic E-state index is 12.2. The van der Waals surface area contributed by atoms with Gasteiger partial charge in [-0.05, 0) is 50.4 Å². The molecule has 0 bridgehead atoms. The van der Waals surface area contributed by atoms with Crippen LogP contribution in [0.4, 0.5) is 5.69 Å². The highest BCUT2D eigenvalue weighted by atomic mass is 32.1. The summed E-state index contributed by atoms with van der Waals surface area (Å²) >= 11 is 1.66. The van der Waals surface area contributed by atoms with Gasteiger partial charge in [0.25, 0.3) is 0 Å². The van der Waals surface area contributed by atoms with Gasteiger partial charge in [0, 0.05) is 5.69 Å². The maximum atomic E-state index is 12.2. The Kier molecular flexibility index (Phi) is 5.63. The van der Waals surface area contributed by atoms with Gasteiger partial charge in [-0.3, -0.25) is 9.69 Å². The first-order valence-electron chi connectivity index (χ1n) is 8.19. The summed E-state index contributed by atoms with van der Waals surface area (Å²) in [6, 6.07) is 15.5. The van der Waals surface area contributed by atoms with Gasteiger partial charge in [0.1, 0.15) is 10.8 Å². The summed E-state index contributed by atoms with van der Waals surface area (Å²) in [5.41, 5.74) is 1.77. The lowest BCUT2D eigenvalue weighted by Gasteiger charge is -2.14. The van der Waals surface area contributed by atoms with Gasteiger partial charge in [0.2, 0.25) is 5.91 Å². The molecule has 0 fully saturated rings.